The monoisotopic (exact) mass is 313 g/mol. The van der Waals surface area contributed by atoms with Crippen molar-refractivity contribution in [3.8, 4) is 5.75 Å². The Morgan fingerprint density at radius 1 is 1.40 bits per heavy atom. The maximum Gasteiger partial charge on any atom is 0.573 e. The summed E-state index contributed by atoms with van der Waals surface area (Å²) in [5, 5.41) is 8.86. The molecule has 1 aromatic rings. The second-order valence-electron chi connectivity index (χ2n) is 3.57. The van der Waals surface area contributed by atoms with E-state index in [0.29, 0.717) is 6.07 Å². The summed E-state index contributed by atoms with van der Waals surface area (Å²) in [6.07, 6.45) is -4.97. The first-order chi connectivity index (χ1) is 9.04. The number of hydrogen-bond acceptors (Lipinski definition) is 4. The molecule has 112 valence electrons. The van der Waals surface area contributed by atoms with E-state index in [1.807, 2.05) is 4.72 Å². The van der Waals surface area contributed by atoms with E-state index >= 15 is 0 Å². The first-order valence-corrected chi connectivity index (χ1v) is 6.83. The Hall–Kier alpha value is -1.97. The Balaban J connectivity index is 3.23. The van der Waals surface area contributed by atoms with Gasteiger partial charge in [-0.2, -0.15) is 0 Å². The van der Waals surface area contributed by atoms with Crippen LogP contribution in [0.5, 0.6) is 5.75 Å². The zero-order valence-corrected chi connectivity index (χ0v) is 10.9. The van der Waals surface area contributed by atoms with Gasteiger partial charge in [0.2, 0.25) is 10.0 Å². The van der Waals surface area contributed by atoms with Crippen molar-refractivity contribution in [2.75, 3.05) is 10.5 Å². The van der Waals surface area contributed by atoms with Crippen LogP contribution < -0.4 is 9.46 Å². The predicted octanol–water partition coefficient (Wildman–Crippen LogP) is 2.04. The number of alkyl halides is 3. The lowest BCUT2D eigenvalue weighted by Gasteiger charge is -2.13. The molecule has 0 aliphatic heterocycles. The molecule has 0 atom stereocenters. The fraction of sp³-hybridized carbons (Fsp3) is 0.300. The standard InChI is InChI=1S/C10H10F3NO5S/c1-2-20(17,18)14-8-5-6(19-10(11,12)13)3-4-7(8)9(15)16/h3-5,14H,2H2,1H3,(H,15,16). The van der Waals surface area contributed by atoms with E-state index in [-0.39, 0.29) is 5.75 Å². The highest BCUT2D eigenvalue weighted by molar-refractivity contribution is 7.92. The number of anilines is 1. The fourth-order valence-corrected chi connectivity index (χ4v) is 1.88. The summed E-state index contributed by atoms with van der Waals surface area (Å²) in [5.74, 6) is -2.58. The van der Waals surface area contributed by atoms with Crippen molar-refractivity contribution in [3.05, 3.63) is 23.8 Å². The van der Waals surface area contributed by atoms with Gasteiger partial charge in [-0.15, -0.1) is 13.2 Å². The van der Waals surface area contributed by atoms with Crippen molar-refractivity contribution in [3.63, 3.8) is 0 Å². The van der Waals surface area contributed by atoms with Gasteiger partial charge in [-0.3, -0.25) is 4.72 Å². The van der Waals surface area contributed by atoms with Crippen molar-refractivity contribution in [1.29, 1.82) is 0 Å². The molecule has 0 bridgehead atoms. The number of carbonyl (C=O) groups is 1. The molecule has 0 fully saturated rings. The summed E-state index contributed by atoms with van der Waals surface area (Å²) < 4.78 is 64.4. The molecule has 20 heavy (non-hydrogen) atoms. The molecule has 10 heteroatoms. The summed E-state index contributed by atoms with van der Waals surface area (Å²) in [4.78, 5) is 10.9. The molecule has 0 amide bonds. The van der Waals surface area contributed by atoms with Crippen molar-refractivity contribution in [2.24, 2.45) is 0 Å². The summed E-state index contributed by atoms with van der Waals surface area (Å²) in [6.45, 7) is 1.29. The molecule has 0 aromatic heterocycles. The molecule has 0 radical (unpaired) electrons. The number of sulfonamides is 1. The van der Waals surface area contributed by atoms with E-state index in [0.717, 1.165) is 12.1 Å². The minimum absolute atomic E-state index is 0.365. The average molecular weight is 313 g/mol. The number of rotatable bonds is 5. The second kappa shape index (κ2) is 5.57. The van der Waals surface area contributed by atoms with E-state index in [2.05, 4.69) is 4.74 Å². The third-order valence-corrected chi connectivity index (χ3v) is 3.39. The maximum atomic E-state index is 12.1. The van der Waals surface area contributed by atoms with Crippen molar-refractivity contribution in [1.82, 2.24) is 0 Å². The zero-order valence-electron chi connectivity index (χ0n) is 10.1. The Morgan fingerprint density at radius 2 is 2.00 bits per heavy atom. The van der Waals surface area contributed by atoms with Gasteiger partial charge >= 0.3 is 12.3 Å². The van der Waals surface area contributed by atoms with Gasteiger partial charge in [-0.1, -0.05) is 0 Å². The molecule has 1 aromatic carbocycles. The molecular weight excluding hydrogens is 303 g/mol. The fourth-order valence-electron chi connectivity index (χ4n) is 1.23. The van der Waals surface area contributed by atoms with Crippen LogP contribution in [0.2, 0.25) is 0 Å². The number of halogens is 3. The van der Waals surface area contributed by atoms with Gasteiger partial charge < -0.3 is 9.84 Å². The van der Waals surface area contributed by atoms with Gasteiger partial charge in [0.1, 0.15) is 5.75 Å². The van der Waals surface area contributed by atoms with Gasteiger partial charge in [-0.05, 0) is 19.1 Å². The molecular formula is C10H10F3NO5S. The predicted molar refractivity (Wildman–Crippen MR) is 63.2 cm³/mol. The highest BCUT2D eigenvalue weighted by Gasteiger charge is 2.31. The number of carboxylic acids is 1. The smallest absolute Gasteiger partial charge is 0.478 e. The van der Waals surface area contributed by atoms with Crippen LogP contribution in [0.3, 0.4) is 0 Å². The Kier molecular flexibility index (Phi) is 4.48. The van der Waals surface area contributed by atoms with Crippen LogP contribution in [-0.4, -0.2) is 31.6 Å². The lowest BCUT2D eigenvalue weighted by atomic mass is 10.2. The molecule has 0 saturated carbocycles. The van der Waals surface area contributed by atoms with Crippen LogP contribution in [0.1, 0.15) is 17.3 Å². The minimum atomic E-state index is -4.97. The van der Waals surface area contributed by atoms with Gasteiger partial charge in [0.05, 0.1) is 17.0 Å². The number of carboxylic acid groups (broad SMARTS) is 1. The molecule has 0 unspecified atom stereocenters. The van der Waals surface area contributed by atoms with Gasteiger partial charge in [0.25, 0.3) is 0 Å². The van der Waals surface area contributed by atoms with Gasteiger partial charge in [0, 0.05) is 6.07 Å². The number of ether oxygens (including phenoxy) is 1. The normalized spacial score (nSPS) is 12.0. The van der Waals surface area contributed by atoms with Crippen molar-refractivity contribution < 1.29 is 36.2 Å². The average Bonchev–Trinajstić information content (AvgIpc) is 2.26. The lowest BCUT2D eigenvalue weighted by molar-refractivity contribution is -0.274. The SMILES string of the molecule is CCS(=O)(=O)Nc1cc(OC(F)(F)F)ccc1C(=O)O. The highest BCUT2D eigenvalue weighted by atomic mass is 32.2. The van der Waals surface area contributed by atoms with E-state index in [9.17, 15) is 26.4 Å². The number of aromatic carboxylic acids is 1. The van der Waals surface area contributed by atoms with E-state index in [4.69, 9.17) is 5.11 Å². The Labute approximate surface area is 112 Å². The Morgan fingerprint density at radius 3 is 2.45 bits per heavy atom. The number of benzene rings is 1. The summed E-state index contributed by atoms with van der Waals surface area (Å²) in [5.41, 5.74) is -0.988. The van der Waals surface area contributed by atoms with Crippen LogP contribution in [-0.2, 0) is 10.0 Å². The number of nitrogens with one attached hydrogen (secondary N) is 1. The first-order valence-electron chi connectivity index (χ1n) is 5.17. The van der Waals surface area contributed by atoms with Crippen LogP contribution in [0.15, 0.2) is 18.2 Å². The molecule has 0 heterocycles. The molecule has 0 saturated heterocycles. The quantitative estimate of drug-likeness (QED) is 0.868. The first kappa shape index (κ1) is 16.1. The molecule has 1 rings (SSSR count). The van der Waals surface area contributed by atoms with Crippen LogP contribution in [0.4, 0.5) is 18.9 Å². The van der Waals surface area contributed by atoms with E-state index in [1.165, 1.54) is 6.92 Å². The summed E-state index contributed by atoms with van der Waals surface area (Å²) in [6, 6.07) is 2.25. The van der Waals surface area contributed by atoms with Gasteiger partial charge in [0.15, 0.2) is 0 Å². The number of hydrogen-bond donors (Lipinski definition) is 2. The third-order valence-electron chi connectivity index (χ3n) is 2.10. The van der Waals surface area contributed by atoms with Crippen LogP contribution in [0.25, 0.3) is 0 Å². The van der Waals surface area contributed by atoms with Crippen LogP contribution in [0, 0.1) is 0 Å². The lowest BCUT2D eigenvalue weighted by Crippen LogP contribution is -2.19. The molecule has 0 aliphatic rings. The molecule has 0 spiro atoms. The molecule has 0 aliphatic carbocycles. The van der Waals surface area contributed by atoms with Gasteiger partial charge in [-0.25, -0.2) is 13.2 Å². The topological polar surface area (TPSA) is 92.7 Å². The molecule has 2 N–H and O–H groups in total. The molecule has 6 nitrogen and oxygen atoms in total. The van der Waals surface area contributed by atoms with E-state index in [1.54, 1.807) is 0 Å². The third kappa shape index (κ3) is 4.61. The largest absolute Gasteiger partial charge is 0.573 e. The van der Waals surface area contributed by atoms with Crippen molar-refractivity contribution >= 4 is 21.7 Å². The second-order valence-corrected chi connectivity index (χ2v) is 5.58. The Bertz CT molecular complexity index is 612. The summed E-state index contributed by atoms with van der Waals surface area (Å²) >= 11 is 0. The highest BCUT2D eigenvalue weighted by Crippen LogP contribution is 2.28. The van der Waals surface area contributed by atoms with Crippen LogP contribution >= 0.6 is 0 Å². The maximum absolute atomic E-state index is 12.1. The van der Waals surface area contributed by atoms with E-state index < -0.39 is 39.4 Å². The summed E-state index contributed by atoms with van der Waals surface area (Å²) in [7, 11) is -3.84. The minimum Gasteiger partial charge on any atom is -0.478 e. The zero-order chi connectivity index (χ0) is 15.6. The van der Waals surface area contributed by atoms with Crippen molar-refractivity contribution in [2.45, 2.75) is 13.3 Å².